The summed E-state index contributed by atoms with van der Waals surface area (Å²) in [4.78, 5) is 15.6. The third-order valence-electron chi connectivity index (χ3n) is 3.83. The Morgan fingerprint density at radius 1 is 1.40 bits per heavy atom. The molecule has 0 amide bonds. The van der Waals surface area contributed by atoms with Crippen molar-refractivity contribution in [3.63, 3.8) is 0 Å². The molecule has 0 saturated carbocycles. The van der Waals surface area contributed by atoms with Gasteiger partial charge in [0.1, 0.15) is 0 Å². The SMILES string of the molecule is CN(C)C1CCN(c2c(Cl)cc(N)cc2C(=O)O)CC1. The van der Waals surface area contributed by atoms with Gasteiger partial charge < -0.3 is 20.6 Å². The van der Waals surface area contributed by atoms with E-state index in [1.807, 2.05) is 4.90 Å². The highest BCUT2D eigenvalue weighted by molar-refractivity contribution is 6.34. The van der Waals surface area contributed by atoms with E-state index in [1.165, 1.54) is 6.07 Å². The Hall–Kier alpha value is -1.46. The standard InChI is InChI=1S/C14H20ClN3O2/c1-17(2)10-3-5-18(6-4-10)13-11(14(19)20)7-9(16)8-12(13)15/h7-8,10H,3-6,16H2,1-2H3,(H,19,20). The number of carbonyl (C=O) groups is 1. The van der Waals surface area contributed by atoms with Crippen molar-refractivity contribution in [3.05, 3.63) is 22.7 Å². The summed E-state index contributed by atoms with van der Waals surface area (Å²) in [7, 11) is 4.14. The molecule has 2 rings (SSSR count). The van der Waals surface area contributed by atoms with Crippen molar-refractivity contribution < 1.29 is 9.90 Å². The summed E-state index contributed by atoms with van der Waals surface area (Å²) in [5.41, 5.74) is 6.83. The number of hydrogen-bond donors (Lipinski definition) is 2. The van der Waals surface area contributed by atoms with E-state index in [0.29, 0.717) is 22.4 Å². The fourth-order valence-electron chi connectivity index (χ4n) is 2.71. The second-order valence-electron chi connectivity index (χ2n) is 5.39. The number of halogens is 1. The van der Waals surface area contributed by atoms with Gasteiger partial charge in [-0.05, 0) is 39.1 Å². The van der Waals surface area contributed by atoms with Crippen LogP contribution in [0.4, 0.5) is 11.4 Å². The number of carboxylic acid groups (broad SMARTS) is 1. The molecule has 1 fully saturated rings. The maximum absolute atomic E-state index is 11.4. The summed E-state index contributed by atoms with van der Waals surface area (Å²) < 4.78 is 0. The minimum atomic E-state index is -0.996. The molecule has 0 radical (unpaired) electrons. The highest BCUT2D eigenvalue weighted by Crippen LogP contribution is 2.34. The average Bonchev–Trinajstić information content (AvgIpc) is 2.37. The van der Waals surface area contributed by atoms with Gasteiger partial charge in [0.15, 0.2) is 0 Å². The number of anilines is 2. The number of nitrogen functional groups attached to an aromatic ring is 1. The topological polar surface area (TPSA) is 69.8 Å². The molecule has 1 aromatic carbocycles. The molecule has 5 nitrogen and oxygen atoms in total. The van der Waals surface area contributed by atoms with Gasteiger partial charge in [0.2, 0.25) is 0 Å². The fourth-order valence-corrected chi connectivity index (χ4v) is 3.06. The van der Waals surface area contributed by atoms with Crippen molar-refractivity contribution in [1.82, 2.24) is 4.90 Å². The lowest BCUT2D eigenvalue weighted by Crippen LogP contribution is -2.42. The van der Waals surface area contributed by atoms with E-state index in [9.17, 15) is 9.90 Å². The van der Waals surface area contributed by atoms with Gasteiger partial charge in [-0.2, -0.15) is 0 Å². The molecular weight excluding hydrogens is 278 g/mol. The third kappa shape index (κ3) is 2.99. The zero-order valence-electron chi connectivity index (χ0n) is 11.8. The Balaban J connectivity index is 2.28. The van der Waals surface area contributed by atoms with E-state index >= 15 is 0 Å². The minimum Gasteiger partial charge on any atom is -0.478 e. The maximum atomic E-state index is 11.4. The van der Waals surface area contributed by atoms with E-state index in [1.54, 1.807) is 6.07 Å². The van der Waals surface area contributed by atoms with Gasteiger partial charge in [0.25, 0.3) is 0 Å². The van der Waals surface area contributed by atoms with Gasteiger partial charge in [-0.25, -0.2) is 4.79 Å². The molecule has 0 aromatic heterocycles. The van der Waals surface area contributed by atoms with Crippen LogP contribution in [0.1, 0.15) is 23.2 Å². The summed E-state index contributed by atoms with van der Waals surface area (Å²) in [5, 5.41) is 9.74. The van der Waals surface area contributed by atoms with Crippen molar-refractivity contribution in [2.75, 3.05) is 37.8 Å². The quantitative estimate of drug-likeness (QED) is 0.837. The van der Waals surface area contributed by atoms with Gasteiger partial charge in [-0.15, -0.1) is 0 Å². The zero-order chi connectivity index (χ0) is 14.9. The van der Waals surface area contributed by atoms with E-state index in [-0.39, 0.29) is 5.56 Å². The Morgan fingerprint density at radius 2 is 2.00 bits per heavy atom. The van der Waals surface area contributed by atoms with Gasteiger partial charge >= 0.3 is 5.97 Å². The van der Waals surface area contributed by atoms with Crippen molar-refractivity contribution >= 4 is 28.9 Å². The van der Waals surface area contributed by atoms with Gasteiger partial charge in [0, 0.05) is 24.8 Å². The van der Waals surface area contributed by atoms with E-state index < -0.39 is 5.97 Å². The van der Waals surface area contributed by atoms with Crippen molar-refractivity contribution in [3.8, 4) is 0 Å². The lowest BCUT2D eigenvalue weighted by atomic mass is 10.0. The molecule has 110 valence electrons. The van der Waals surface area contributed by atoms with Crippen LogP contribution in [0.25, 0.3) is 0 Å². The van der Waals surface area contributed by atoms with Crippen molar-refractivity contribution in [2.45, 2.75) is 18.9 Å². The molecular formula is C14H20ClN3O2. The predicted octanol–water partition coefficient (Wildman–Crippen LogP) is 2.15. The summed E-state index contributed by atoms with van der Waals surface area (Å²) in [6, 6.07) is 3.62. The second-order valence-corrected chi connectivity index (χ2v) is 5.79. The average molecular weight is 298 g/mol. The third-order valence-corrected chi connectivity index (χ3v) is 4.12. The summed E-state index contributed by atoms with van der Waals surface area (Å²) in [6.45, 7) is 1.60. The first-order chi connectivity index (χ1) is 9.40. The van der Waals surface area contributed by atoms with Crippen molar-refractivity contribution in [2.24, 2.45) is 0 Å². The van der Waals surface area contributed by atoms with Gasteiger partial charge in [0.05, 0.1) is 16.3 Å². The highest BCUT2D eigenvalue weighted by Gasteiger charge is 2.25. The van der Waals surface area contributed by atoms with Crippen LogP contribution in [-0.2, 0) is 0 Å². The minimum absolute atomic E-state index is 0.179. The van der Waals surface area contributed by atoms with Crippen LogP contribution >= 0.6 is 11.6 Å². The molecule has 1 aliphatic rings. The number of nitrogens with zero attached hydrogens (tertiary/aromatic N) is 2. The first-order valence-corrected chi connectivity index (χ1v) is 7.01. The predicted molar refractivity (Wildman–Crippen MR) is 81.7 cm³/mol. The smallest absolute Gasteiger partial charge is 0.337 e. The number of carboxylic acids is 1. The summed E-state index contributed by atoms with van der Waals surface area (Å²) in [6.07, 6.45) is 1.99. The molecule has 0 bridgehead atoms. The normalized spacial score (nSPS) is 16.7. The molecule has 0 spiro atoms. The van der Waals surface area contributed by atoms with Crippen LogP contribution in [0.3, 0.4) is 0 Å². The van der Waals surface area contributed by atoms with Gasteiger partial charge in [-0.3, -0.25) is 0 Å². The second kappa shape index (κ2) is 5.89. The highest BCUT2D eigenvalue weighted by atomic mass is 35.5. The Labute approximate surface area is 123 Å². The number of hydrogen-bond acceptors (Lipinski definition) is 4. The van der Waals surface area contributed by atoms with Crippen LogP contribution < -0.4 is 10.6 Å². The number of benzene rings is 1. The maximum Gasteiger partial charge on any atom is 0.337 e. The number of piperidine rings is 1. The monoisotopic (exact) mass is 297 g/mol. The van der Waals surface area contributed by atoms with Crippen molar-refractivity contribution in [1.29, 1.82) is 0 Å². The molecule has 0 aliphatic carbocycles. The molecule has 1 aliphatic heterocycles. The van der Waals surface area contributed by atoms with Crippen LogP contribution in [-0.4, -0.2) is 49.2 Å². The summed E-state index contributed by atoms with van der Waals surface area (Å²) >= 11 is 6.22. The zero-order valence-corrected chi connectivity index (χ0v) is 12.5. The molecule has 0 atom stereocenters. The largest absolute Gasteiger partial charge is 0.478 e. The molecule has 1 aromatic rings. The Morgan fingerprint density at radius 3 is 2.50 bits per heavy atom. The number of rotatable bonds is 3. The number of aromatic carboxylic acids is 1. The lowest BCUT2D eigenvalue weighted by molar-refractivity contribution is 0.0697. The first-order valence-electron chi connectivity index (χ1n) is 6.64. The molecule has 1 heterocycles. The fraction of sp³-hybridized carbons (Fsp3) is 0.500. The van der Waals surface area contributed by atoms with Crippen LogP contribution in [0.15, 0.2) is 12.1 Å². The van der Waals surface area contributed by atoms with E-state index in [4.69, 9.17) is 17.3 Å². The van der Waals surface area contributed by atoms with Crippen LogP contribution in [0.5, 0.6) is 0 Å². The van der Waals surface area contributed by atoms with Gasteiger partial charge in [-0.1, -0.05) is 11.6 Å². The molecule has 0 unspecified atom stereocenters. The van der Waals surface area contributed by atoms with E-state index in [0.717, 1.165) is 25.9 Å². The van der Waals surface area contributed by atoms with E-state index in [2.05, 4.69) is 19.0 Å². The molecule has 1 saturated heterocycles. The summed E-state index contributed by atoms with van der Waals surface area (Å²) in [5.74, 6) is -0.996. The first kappa shape index (κ1) is 14.9. The lowest BCUT2D eigenvalue weighted by Gasteiger charge is -2.37. The molecule has 20 heavy (non-hydrogen) atoms. The number of nitrogens with two attached hydrogens (primary N) is 1. The Kier molecular flexibility index (Phi) is 4.40. The molecule has 3 N–H and O–H groups in total. The molecule has 6 heteroatoms. The van der Waals surface area contributed by atoms with Crippen LogP contribution in [0, 0.1) is 0 Å². The van der Waals surface area contributed by atoms with Crippen LogP contribution in [0.2, 0.25) is 5.02 Å². The Bertz CT molecular complexity index is 511.